The van der Waals surface area contributed by atoms with E-state index in [1.165, 1.54) is 11.1 Å². The van der Waals surface area contributed by atoms with Gasteiger partial charge in [0.1, 0.15) is 0 Å². The van der Waals surface area contributed by atoms with Crippen LogP contribution in [0.2, 0.25) is 0 Å². The maximum atomic E-state index is 12.1. The number of carbonyl (C=O) groups excluding carboxylic acids is 1. The summed E-state index contributed by atoms with van der Waals surface area (Å²) >= 11 is 0. The molecule has 0 spiro atoms. The minimum absolute atomic E-state index is 0.0109. The number of nitrogens with one attached hydrogen (secondary N) is 1. The molecule has 2 aromatic carbocycles. The standard InChI is InChI=1S/C20H21N3O/c1-16-14-19(22-23(16)15-18-10-6-3-7-11-18)21-20(24)13-12-17-8-4-2-5-9-17/h2-11,14H,12-13,15H2,1H3,(H,21,22,24). The zero-order valence-electron chi connectivity index (χ0n) is 13.8. The summed E-state index contributed by atoms with van der Waals surface area (Å²) in [6.07, 6.45) is 1.19. The third kappa shape index (κ3) is 4.32. The van der Waals surface area contributed by atoms with E-state index in [-0.39, 0.29) is 5.91 Å². The zero-order chi connectivity index (χ0) is 16.8. The van der Waals surface area contributed by atoms with Crippen LogP contribution < -0.4 is 5.32 Å². The molecule has 1 aromatic heterocycles. The van der Waals surface area contributed by atoms with Gasteiger partial charge in [0.2, 0.25) is 5.91 Å². The summed E-state index contributed by atoms with van der Waals surface area (Å²) in [5, 5.41) is 7.37. The summed E-state index contributed by atoms with van der Waals surface area (Å²) in [5.41, 5.74) is 3.38. The largest absolute Gasteiger partial charge is 0.309 e. The first kappa shape index (κ1) is 16.0. The summed E-state index contributed by atoms with van der Waals surface area (Å²) in [6.45, 7) is 2.70. The quantitative estimate of drug-likeness (QED) is 0.751. The lowest BCUT2D eigenvalue weighted by Gasteiger charge is -2.04. The summed E-state index contributed by atoms with van der Waals surface area (Å²) in [7, 11) is 0. The fraction of sp³-hybridized carbons (Fsp3) is 0.200. The molecule has 4 heteroatoms. The van der Waals surface area contributed by atoms with Gasteiger partial charge in [0.05, 0.1) is 6.54 Å². The monoisotopic (exact) mass is 319 g/mol. The average molecular weight is 319 g/mol. The molecule has 24 heavy (non-hydrogen) atoms. The topological polar surface area (TPSA) is 46.9 Å². The number of benzene rings is 2. The number of aromatic nitrogens is 2. The number of anilines is 1. The van der Waals surface area contributed by atoms with E-state index < -0.39 is 0 Å². The molecule has 4 nitrogen and oxygen atoms in total. The minimum Gasteiger partial charge on any atom is -0.309 e. The molecular formula is C20H21N3O. The molecule has 0 saturated carbocycles. The molecule has 0 aliphatic rings. The maximum Gasteiger partial charge on any atom is 0.225 e. The van der Waals surface area contributed by atoms with E-state index in [2.05, 4.69) is 22.5 Å². The van der Waals surface area contributed by atoms with Crippen molar-refractivity contribution in [3.8, 4) is 0 Å². The molecule has 0 fully saturated rings. The van der Waals surface area contributed by atoms with Gasteiger partial charge in [-0.15, -0.1) is 0 Å². The lowest BCUT2D eigenvalue weighted by Crippen LogP contribution is -2.13. The maximum absolute atomic E-state index is 12.1. The number of nitrogens with zero attached hydrogens (tertiary/aromatic N) is 2. The molecule has 1 N–H and O–H groups in total. The molecule has 0 atom stereocenters. The third-order valence-electron chi connectivity index (χ3n) is 3.91. The van der Waals surface area contributed by atoms with Crippen molar-refractivity contribution in [2.75, 3.05) is 5.32 Å². The van der Waals surface area contributed by atoms with Gasteiger partial charge in [0, 0.05) is 18.2 Å². The second kappa shape index (κ2) is 7.59. The van der Waals surface area contributed by atoms with E-state index in [9.17, 15) is 4.79 Å². The van der Waals surface area contributed by atoms with Crippen molar-refractivity contribution in [3.63, 3.8) is 0 Å². The summed E-state index contributed by atoms with van der Waals surface area (Å²) in [6, 6.07) is 22.1. The van der Waals surface area contributed by atoms with Crippen LogP contribution >= 0.6 is 0 Å². The van der Waals surface area contributed by atoms with E-state index in [4.69, 9.17) is 0 Å². The second-order valence-corrected chi connectivity index (χ2v) is 5.85. The number of aryl methyl sites for hydroxylation is 2. The number of amides is 1. The molecule has 0 radical (unpaired) electrons. The van der Waals surface area contributed by atoms with Crippen molar-refractivity contribution >= 4 is 11.7 Å². The molecule has 3 aromatic rings. The van der Waals surface area contributed by atoms with E-state index in [0.717, 1.165) is 12.1 Å². The Hall–Kier alpha value is -2.88. The highest BCUT2D eigenvalue weighted by molar-refractivity contribution is 5.89. The number of hydrogen-bond donors (Lipinski definition) is 1. The molecule has 0 aliphatic heterocycles. The van der Waals surface area contributed by atoms with Gasteiger partial charge in [0.25, 0.3) is 0 Å². The molecule has 0 bridgehead atoms. The molecule has 1 amide bonds. The highest BCUT2D eigenvalue weighted by Gasteiger charge is 2.08. The van der Waals surface area contributed by atoms with E-state index in [1.807, 2.05) is 66.2 Å². The Morgan fingerprint density at radius 3 is 2.29 bits per heavy atom. The smallest absolute Gasteiger partial charge is 0.225 e. The normalized spacial score (nSPS) is 10.5. The molecule has 0 unspecified atom stereocenters. The van der Waals surface area contributed by atoms with Crippen molar-refractivity contribution in [2.45, 2.75) is 26.3 Å². The van der Waals surface area contributed by atoms with E-state index >= 15 is 0 Å². The van der Waals surface area contributed by atoms with Crippen LogP contribution in [0.4, 0.5) is 5.82 Å². The molecular weight excluding hydrogens is 298 g/mol. The lowest BCUT2D eigenvalue weighted by atomic mass is 10.1. The molecule has 0 aliphatic carbocycles. The average Bonchev–Trinajstić information content (AvgIpc) is 2.94. The first-order chi connectivity index (χ1) is 11.7. The summed E-state index contributed by atoms with van der Waals surface area (Å²) in [4.78, 5) is 12.1. The second-order valence-electron chi connectivity index (χ2n) is 5.85. The summed E-state index contributed by atoms with van der Waals surface area (Å²) in [5.74, 6) is 0.602. The third-order valence-corrected chi connectivity index (χ3v) is 3.91. The van der Waals surface area contributed by atoms with Gasteiger partial charge in [-0.2, -0.15) is 5.10 Å². The van der Waals surface area contributed by atoms with Crippen LogP contribution in [-0.4, -0.2) is 15.7 Å². The number of rotatable bonds is 6. The van der Waals surface area contributed by atoms with Gasteiger partial charge < -0.3 is 5.32 Å². The molecule has 3 rings (SSSR count). The molecule has 1 heterocycles. The van der Waals surface area contributed by atoms with Crippen molar-refractivity contribution < 1.29 is 4.79 Å². The van der Waals surface area contributed by atoms with Crippen molar-refractivity contribution in [2.24, 2.45) is 0 Å². The van der Waals surface area contributed by atoms with Crippen LogP contribution in [0.3, 0.4) is 0 Å². The highest BCUT2D eigenvalue weighted by Crippen LogP contribution is 2.12. The van der Waals surface area contributed by atoms with Gasteiger partial charge in [0.15, 0.2) is 5.82 Å². The Morgan fingerprint density at radius 2 is 1.62 bits per heavy atom. The van der Waals surface area contributed by atoms with Crippen LogP contribution in [0.15, 0.2) is 66.7 Å². The minimum atomic E-state index is -0.0109. The van der Waals surface area contributed by atoms with Gasteiger partial charge in [-0.1, -0.05) is 60.7 Å². The predicted molar refractivity (Wildman–Crippen MR) is 95.9 cm³/mol. The first-order valence-electron chi connectivity index (χ1n) is 8.13. The number of hydrogen-bond acceptors (Lipinski definition) is 2. The Balaban J connectivity index is 1.57. The van der Waals surface area contributed by atoms with E-state index in [1.54, 1.807) is 0 Å². The first-order valence-corrected chi connectivity index (χ1v) is 8.13. The zero-order valence-corrected chi connectivity index (χ0v) is 13.8. The van der Waals surface area contributed by atoms with E-state index in [0.29, 0.717) is 18.8 Å². The predicted octanol–water partition coefficient (Wildman–Crippen LogP) is 3.81. The van der Waals surface area contributed by atoms with Crippen LogP contribution in [0, 0.1) is 6.92 Å². The Kier molecular flexibility index (Phi) is 5.06. The van der Waals surface area contributed by atoms with Crippen LogP contribution in [0.1, 0.15) is 23.2 Å². The highest BCUT2D eigenvalue weighted by atomic mass is 16.1. The van der Waals surface area contributed by atoms with Crippen LogP contribution in [0.5, 0.6) is 0 Å². The fourth-order valence-corrected chi connectivity index (χ4v) is 2.60. The molecule has 0 saturated heterocycles. The summed E-state index contributed by atoms with van der Waals surface area (Å²) < 4.78 is 1.90. The van der Waals surface area contributed by atoms with Gasteiger partial charge >= 0.3 is 0 Å². The Morgan fingerprint density at radius 1 is 1.00 bits per heavy atom. The SMILES string of the molecule is Cc1cc(NC(=O)CCc2ccccc2)nn1Cc1ccccc1. The Bertz CT molecular complexity index is 794. The van der Waals surface area contributed by atoms with Gasteiger partial charge in [-0.05, 0) is 24.5 Å². The fourth-order valence-electron chi connectivity index (χ4n) is 2.60. The van der Waals surface area contributed by atoms with Crippen LogP contribution in [-0.2, 0) is 17.8 Å². The van der Waals surface area contributed by atoms with Gasteiger partial charge in [-0.3, -0.25) is 9.48 Å². The Labute approximate surface area is 142 Å². The number of carbonyl (C=O) groups is 1. The van der Waals surface area contributed by atoms with Crippen LogP contribution in [0.25, 0.3) is 0 Å². The molecule has 122 valence electrons. The van der Waals surface area contributed by atoms with Crippen molar-refractivity contribution in [1.82, 2.24) is 9.78 Å². The van der Waals surface area contributed by atoms with Gasteiger partial charge in [-0.25, -0.2) is 0 Å². The van der Waals surface area contributed by atoms with Crippen molar-refractivity contribution in [1.29, 1.82) is 0 Å². The van der Waals surface area contributed by atoms with Crippen molar-refractivity contribution in [3.05, 3.63) is 83.6 Å². The lowest BCUT2D eigenvalue weighted by molar-refractivity contribution is -0.116.